The fraction of sp³-hybridized carbons (Fsp3) is 0.471. The minimum atomic E-state index is -4.41. The summed E-state index contributed by atoms with van der Waals surface area (Å²) in [6, 6.07) is 2.67. The minimum absolute atomic E-state index is 0.00807. The summed E-state index contributed by atoms with van der Waals surface area (Å²) in [5.41, 5.74) is 0.240. The summed E-state index contributed by atoms with van der Waals surface area (Å²) in [6.45, 7) is 3.27. The van der Waals surface area contributed by atoms with Crippen LogP contribution in [0, 0.1) is 12.8 Å². The Morgan fingerprint density at radius 3 is 2.72 bits per heavy atom. The second kappa shape index (κ2) is 7.25. The lowest BCUT2D eigenvalue weighted by molar-refractivity contribution is -0.137. The van der Waals surface area contributed by atoms with E-state index in [1.807, 2.05) is 6.92 Å². The largest absolute Gasteiger partial charge is 0.463 e. The van der Waals surface area contributed by atoms with Crippen LogP contribution in [-0.4, -0.2) is 34.6 Å². The number of hydrogen-bond acceptors (Lipinski definition) is 5. The fourth-order valence-corrected chi connectivity index (χ4v) is 2.91. The van der Waals surface area contributed by atoms with E-state index in [0.717, 1.165) is 24.5 Å². The highest BCUT2D eigenvalue weighted by molar-refractivity contribution is 5.48. The van der Waals surface area contributed by atoms with E-state index >= 15 is 0 Å². The van der Waals surface area contributed by atoms with Crippen LogP contribution in [0.2, 0.25) is 0 Å². The van der Waals surface area contributed by atoms with E-state index < -0.39 is 11.7 Å². The Morgan fingerprint density at radius 2 is 2.00 bits per heavy atom. The van der Waals surface area contributed by atoms with Crippen LogP contribution in [0.1, 0.15) is 24.0 Å². The van der Waals surface area contributed by atoms with Gasteiger partial charge in [-0.3, -0.25) is 0 Å². The molecule has 3 rings (SSSR count). The van der Waals surface area contributed by atoms with Crippen molar-refractivity contribution in [1.82, 2.24) is 15.0 Å². The number of rotatable bonds is 4. The zero-order valence-electron chi connectivity index (χ0n) is 13.8. The molecule has 0 aromatic carbocycles. The Hall–Kier alpha value is -2.38. The number of aromatic nitrogens is 3. The van der Waals surface area contributed by atoms with Crippen LogP contribution >= 0.6 is 0 Å². The van der Waals surface area contributed by atoms with Crippen LogP contribution in [0.25, 0.3) is 0 Å². The molecule has 0 radical (unpaired) electrons. The summed E-state index contributed by atoms with van der Waals surface area (Å²) < 4.78 is 45.2. The lowest BCUT2D eigenvalue weighted by Crippen LogP contribution is -2.39. The maximum atomic E-state index is 13.2. The molecule has 0 N–H and O–H groups in total. The summed E-state index contributed by atoms with van der Waals surface area (Å²) in [4.78, 5) is 13.8. The molecular formula is C17H19F3N4O. The fourth-order valence-electron chi connectivity index (χ4n) is 2.91. The van der Waals surface area contributed by atoms with Crippen molar-refractivity contribution in [1.29, 1.82) is 0 Å². The van der Waals surface area contributed by atoms with Crippen LogP contribution in [-0.2, 0) is 6.18 Å². The molecule has 0 aliphatic carbocycles. The summed E-state index contributed by atoms with van der Waals surface area (Å²) in [7, 11) is 0. The zero-order valence-corrected chi connectivity index (χ0v) is 13.8. The van der Waals surface area contributed by atoms with Crippen molar-refractivity contribution in [2.24, 2.45) is 5.92 Å². The van der Waals surface area contributed by atoms with Gasteiger partial charge in [-0.15, -0.1) is 0 Å². The van der Waals surface area contributed by atoms with Gasteiger partial charge in [0.25, 0.3) is 0 Å². The highest BCUT2D eigenvalue weighted by Crippen LogP contribution is 2.36. The summed E-state index contributed by atoms with van der Waals surface area (Å²) >= 11 is 0. The molecule has 134 valence electrons. The molecule has 2 aromatic rings. The first-order valence-corrected chi connectivity index (χ1v) is 8.12. The first-order valence-electron chi connectivity index (χ1n) is 8.12. The van der Waals surface area contributed by atoms with Crippen molar-refractivity contribution in [3.63, 3.8) is 0 Å². The van der Waals surface area contributed by atoms with Gasteiger partial charge in [0.2, 0.25) is 0 Å². The zero-order chi connectivity index (χ0) is 17.9. The maximum absolute atomic E-state index is 13.2. The summed E-state index contributed by atoms with van der Waals surface area (Å²) in [5, 5.41) is 0. The van der Waals surface area contributed by atoms with E-state index in [0.29, 0.717) is 19.7 Å². The number of hydrogen-bond donors (Lipinski definition) is 0. The Balaban J connectivity index is 1.66. The van der Waals surface area contributed by atoms with Gasteiger partial charge >= 0.3 is 12.2 Å². The first-order chi connectivity index (χ1) is 11.9. The van der Waals surface area contributed by atoms with Crippen LogP contribution in [0.4, 0.5) is 19.0 Å². The van der Waals surface area contributed by atoms with Gasteiger partial charge in [-0.25, -0.2) is 15.0 Å². The third-order valence-electron chi connectivity index (χ3n) is 4.12. The van der Waals surface area contributed by atoms with Gasteiger partial charge in [0.05, 0.1) is 12.2 Å². The molecule has 1 saturated heterocycles. The van der Waals surface area contributed by atoms with Crippen LogP contribution in [0.15, 0.2) is 30.7 Å². The van der Waals surface area contributed by atoms with Gasteiger partial charge in [0.15, 0.2) is 0 Å². The lowest BCUT2D eigenvalue weighted by atomic mass is 9.98. The average molecular weight is 352 g/mol. The van der Waals surface area contributed by atoms with Crippen LogP contribution < -0.4 is 9.64 Å². The van der Waals surface area contributed by atoms with Crippen molar-refractivity contribution in [3.8, 4) is 6.01 Å². The van der Waals surface area contributed by atoms with E-state index in [1.54, 1.807) is 17.3 Å². The molecule has 1 atom stereocenters. The number of pyridine rings is 1. The van der Waals surface area contributed by atoms with Gasteiger partial charge in [0, 0.05) is 37.6 Å². The first kappa shape index (κ1) is 17.4. The molecule has 8 heteroatoms. The van der Waals surface area contributed by atoms with E-state index in [9.17, 15) is 13.2 Å². The molecule has 0 spiro atoms. The number of nitrogens with zero attached hydrogens (tertiary/aromatic N) is 4. The number of alkyl halides is 3. The monoisotopic (exact) mass is 352 g/mol. The van der Waals surface area contributed by atoms with Gasteiger partial charge < -0.3 is 9.64 Å². The molecule has 0 bridgehead atoms. The molecule has 0 saturated carbocycles. The topological polar surface area (TPSA) is 51.1 Å². The van der Waals surface area contributed by atoms with E-state index in [1.165, 1.54) is 12.3 Å². The summed E-state index contributed by atoms with van der Waals surface area (Å²) in [5.74, 6) is 0.0908. The molecular weight excluding hydrogens is 333 g/mol. The SMILES string of the molecule is Cc1cnc(OCC2CCCN(c3ncccc3C(F)(F)F)C2)nc1. The quantitative estimate of drug-likeness (QED) is 0.843. The van der Waals surface area contributed by atoms with Crippen molar-refractivity contribution in [3.05, 3.63) is 41.9 Å². The predicted octanol–water partition coefficient (Wildman–Crippen LogP) is 3.49. The lowest BCUT2D eigenvalue weighted by Gasteiger charge is -2.34. The predicted molar refractivity (Wildman–Crippen MR) is 86.4 cm³/mol. The second-order valence-electron chi connectivity index (χ2n) is 6.18. The minimum Gasteiger partial charge on any atom is -0.463 e. The second-order valence-corrected chi connectivity index (χ2v) is 6.18. The van der Waals surface area contributed by atoms with Gasteiger partial charge in [-0.1, -0.05) is 0 Å². The van der Waals surface area contributed by atoms with Crippen molar-refractivity contribution in [2.75, 3.05) is 24.6 Å². The Bertz CT molecular complexity index is 706. The van der Waals surface area contributed by atoms with E-state index in [4.69, 9.17) is 4.74 Å². The third-order valence-corrected chi connectivity index (χ3v) is 4.12. The van der Waals surface area contributed by atoms with Gasteiger partial charge in [-0.2, -0.15) is 13.2 Å². The maximum Gasteiger partial charge on any atom is 0.419 e. The number of piperidine rings is 1. The number of aryl methyl sites for hydroxylation is 1. The third kappa shape index (κ3) is 4.37. The molecule has 1 aliphatic rings. The molecule has 1 aliphatic heterocycles. The number of ether oxygens (including phenoxy) is 1. The van der Waals surface area contributed by atoms with E-state index in [2.05, 4.69) is 15.0 Å². The average Bonchev–Trinajstić information content (AvgIpc) is 2.61. The Morgan fingerprint density at radius 1 is 1.24 bits per heavy atom. The molecule has 25 heavy (non-hydrogen) atoms. The van der Waals surface area contributed by atoms with Crippen molar-refractivity contribution >= 4 is 5.82 Å². The summed E-state index contributed by atoms with van der Waals surface area (Å²) in [6.07, 6.45) is 1.98. The van der Waals surface area contributed by atoms with Crippen molar-refractivity contribution in [2.45, 2.75) is 25.9 Å². The van der Waals surface area contributed by atoms with E-state index in [-0.39, 0.29) is 17.7 Å². The highest BCUT2D eigenvalue weighted by atomic mass is 19.4. The van der Waals surface area contributed by atoms with Crippen molar-refractivity contribution < 1.29 is 17.9 Å². The molecule has 2 aromatic heterocycles. The van der Waals surface area contributed by atoms with Crippen LogP contribution in [0.3, 0.4) is 0 Å². The molecule has 3 heterocycles. The molecule has 0 amide bonds. The molecule has 1 unspecified atom stereocenters. The number of anilines is 1. The van der Waals surface area contributed by atoms with Gasteiger partial charge in [-0.05, 0) is 37.5 Å². The van der Waals surface area contributed by atoms with Gasteiger partial charge in [0.1, 0.15) is 5.82 Å². The standard InChI is InChI=1S/C17H19F3N4O/c1-12-8-22-16(23-9-12)25-11-13-4-3-7-24(10-13)15-14(17(18,19)20)5-2-6-21-15/h2,5-6,8-9,13H,3-4,7,10-11H2,1H3. The Labute approximate surface area is 143 Å². The smallest absolute Gasteiger partial charge is 0.419 e. The molecule has 5 nitrogen and oxygen atoms in total. The van der Waals surface area contributed by atoms with Crippen LogP contribution in [0.5, 0.6) is 6.01 Å². The number of halogens is 3. The Kier molecular flexibility index (Phi) is 5.06. The molecule has 1 fully saturated rings. The highest BCUT2D eigenvalue weighted by Gasteiger charge is 2.36. The normalized spacial score (nSPS) is 18.2.